The lowest BCUT2D eigenvalue weighted by Gasteiger charge is -2.30. The third-order valence-corrected chi connectivity index (χ3v) is 8.69. The Bertz CT molecular complexity index is 539. The molecule has 2 heteroatoms. The first-order chi connectivity index (χ1) is 12.7. The van der Waals surface area contributed by atoms with Crippen molar-refractivity contribution >= 4 is 10.2 Å². The largest absolute Gasteiger partial charge is 0.207 e. The number of aryl methyl sites for hydroxylation is 1. The number of benzene rings is 1. The molecular formula is C24H39FSi. The van der Waals surface area contributed by atoms with Crippen molar-refractivity contribution in [2.24, 2.45) is 17.8 Å². The molecule has 0 aliphatic heterocycles. The third-order valence-electron chi connectivity index (χ3n) is 7.53. The van der Waals surface area contributed by atoms with Crippen molar-refractivity contribution in [3.05, 3.63) is 35.1 Å². The van der Waals surface area contributed by atoms with E-state index in [0.717, 1.165) is 23.3 Å². The Morgan fingerprint density at radius 3 is 1.92 bits per heavy atom. The van der Waals surface area contributed by atoms with Crippen molar-refractivity contribution in [3.63, 3.8) is 0 Å². The first-order valence-corrected chi connectivity index (χ1v) is 12.8. The molecule has 26 heavy (non-hydrogen) atoms. The van der Waals surface area contributed by atoms with Crippen molar-refractivity contribution in [1.82, 2.24) is 0 Å². The zero-order valence-corrected chi connectivity index (χ0v) is 19.1. The molecule has 0 nitrogen and oxygen atoms in total. The second kappa shape index (κ2) is 10.1. The molecule has 0 unspecified atom stereocenters. The van der Waals surface area contributed by atoms with Gasteiger partial charge in [-0.1, -0.05) is 69.5 Å². The van der Waals surface area contributed by atoms with Crippen LogP contribution in [0.5, 0.6) is 0 Å². The second-order valence-electron chi connectivity index (χ2n) is 9.31. The van der Waals surface area contributed by atoms with Gasteiger partial charge < -0.3 is 0 Å². The van der Waals surface area contributed by atoms with E-state index in [9.17, 15) is 4.39 Å². The Kier molecular flexibility index (Phi) is 7.78. The van der Waals surface area contributed by atoms with Gasteiger partial charge in [-0.25, -0.2) is 4.39 Å². The van der Waals surface area contributed by atoms with Crippen molar-refractivity contribution in [2.45, 2.75) is 95.9 Å². The summed E-state index contributed by atoms with van der Waals surface area (Å²) in [6, 6.07) is 7.42. The first kappa shape index (κ1) is 20.1. The normalized spacial score (nSPS) is 29.8. The van der Waals surface area contributed by atoms with Gasteiger partial charge in [0.15, 0.2) is 0 Å². The molecule has 0 amide bonds. The zero-order valence-electron chi connectivity index (χ0n) is 17.1. The van der Waals surface area contributed by atoms with Crippen LogP contribution in [-0.4, -0.2) is 10.2 Å². The van der Waals surface area contributed by atoms with Crippen molar-refractivity contribution in [1.29, 1.82) is 0 Å². The lowest BCUT2D eigenvalue weighted by atomic mass is 9.76. The minimum absolute atomic E-state index is 0.0281. The van der Waals surface area contributed by atoms with Gasteiger partial charge in [0, 0.05) is 10.2 Å². The maximum Gasteiger partial charge on any atom is 0.126 e. The lowest BCUT2D eigenvalue weighted by Crippen LogP contribution is -2.15. The van der Waals surface area contributed by atoms with Crippen molar-refractivity contribution < 1.29 is 4.39 Å². The van der Waals surface area contributed by atoms with E-state index in [1.54, 1.807) is 6.07 Å². The van der Waals surface area contributed by atoms with Crippen LogP contribution in [0.3, 0.4) is 0 Å². The topological polar surface area (TPSA) is 0 Å². The molecule has 0 aromatic heterocycles. The van der Waals surface area contributed by atoms with E-state index in [1.165, 1.54) is 98.9 Å². The average molecular weight is 375 g/mol. The van der Waals surface area contributed by atoms with E-state index in [-0.39, 0.29) is 5.82 Å². The maximum absolute atomic E-state index is 13.8. The van der Waals surface area contributed by atoms with Gasteiger partial charge in [-0.2, -0.15) is 0 Å². The molecule has 146 valence electrons. The van der Waals surface area contributed by atoms with Crippen LogP contribution in [0.2, 0.25) is 6.04 Å². The highest BCUT2D eigenvalue weighted by Gasteiger charge is 2.23. The standard InChI is InChI=1S/C24H39FSi/c1-18-6-13-23(16-24(18)25)22-14-11-20(12-15-22)5-3-2-4-19-7-9-21(17-26)10-8-19/h6,13,16,19-22H,2-5,7-12,14-15,17H2,1,26H3. The summed E-state index contributed by atoms with van der Waals surface area (Å²) in [6.07, 6.45) is 17.1. The fourth-order valence-electron chi connectivity index (χ4n) is 5.44. The molecule has 2 aliphatic carbocycles. The van der Waals surface area contributed by atoms with E-state index in [2.05, 4.69) is 6.07 Å². The lowest BCUT2D eigenvalue weighted by molar-refractivity contribution is 0.262. The number of hydrogen-bond donors (Lipinski definition) is 0. The summed E-state index contributed by atoms with van der Waals surface area (Å²) < 4.78 is 13.8. The fraction of sp³-hybridized carbons (Fsp3) is 0.750. The predicted molar refractivity (Wildman–Crippen MR) is 114 cm³/mol. The van der Waals surface area contributed by atoms with E-state index in [0.29, 0.717) is 5.92 Å². The summed E-state index contributed by atoms with van der Waals surface area (Å²) in [5.41, 5.74) is 2.00. The van der Waals surface area contributed by atoms with Crippen LogP contribution in [0.4, 0.5) is 4.39 Å². The highest BCUT2D eigenvalue weighted by molar-refractivity contribution is 6.08. The van der Waals surface area contributed by atoms with Gasteiger partial charge >= 0.3 is 0 Å². The minimum Gasteiger partial charge on any atom is -0.207 e. The Balaban J connectivity index is 1.30. The molecule has 1 aromatic carbocycles. The smallest absolute Gasteiger partial charge is 0.126 e. The monoisotopic (exact) mass is 374 g/mol. The SMILES string of the molecule is Cc1ccc(C2CCC(CCCCC3CCC(C[SiH3])CC3)CC2)cc1F. The van der Waals surface area contributed by atoms with Crippen molar-refractivity contribution in [3.8, 4) is 0 Å². The minimum atomic E-state index is -0.0281. The van der Waals surface area contributed by atoms with Crippen LogP contribution in [0.15, 0.2) is 18.2 Å². The highest BCUT2D eigenvalue weighted by atomic mass is 28.1. The quantitative estimate of drug-likeness (QED) is 0.374. The molecule has 1 aromatic rings. The first-order valence-electron chi connectivity index (χ1n) is 11.4. The van der Waals surface area contributed by atoms with Crippen LogP contribution in [0.25, 0.3) is 0 Å². The molecule has 2 aliphatic rings. The maximum atomic E-state index is 13.8. The molecule has 0 saturated heterocycles. The number of rotatable bonds is 7. The summed E-state index contributed by atoms with van der Waals surface area (Å²) in [5, 5.41) is 0. The van der Waals surface area contributed by atoms with Gasteiger partial charge in [0.05, 0.1) is 0 Å². The Morgan fingerprint density at radius 1 is 0.846 bits per heavy atom. The summed E-state index contributed by atoms with van der Waals surface area (Å²) in [4.78, 5) is 0. The molecule has 0 N–H and O–H groups in total. The molecule has 0 heterocycles. The van der Waals surface area contributed by atoms with Gasteiger partial charge in [0.2, 0.25) is 0 Å². The second-order valence-corrected chi connectivity index (χ2v) is 10.1. The Hall–Kier alpha value is -0.633. The highest BCUT2D eigenvalue weighted by Crippen LogP contribution is 2.39. The molecule has 0 spiro atoms. The average Bonchev–Trinajstić information content (AvgIpc) is 2.68. The van der Waals surface area contributed by atoms with Crippen LogP contribution in [0.1, 0.15) is 94.1 Å². The molecule has 0 radical (unpaired) electrons. The van der Waals surface area contributed by atoms with Gasteiger partial charge in [0.1, 0.15) is 5.82 Å². The van der Waals surface area contributed by atoms with E-state index < -0.39 is 0 Å². The van der Waals surface area contributed by atoms with Crippen molar-refractivity contribution in [2.75, 3.05) is 0 Å². The summed E-state index contributed by atoms with van der Waals surface area (Å²) in [5.74, 6) is 3.64. The Labute approximate surface area is 163 Å². The van der Waals surface area contributed by atoms with Gasteiger partial charge in [0.25, 0.3) is 0 Å². The number of unbranched alkanes of at least 4 members (excludes halogenated alkanes) is 1. The van der Waals surface area contributed by atoms with Crippen LogP contribution < -0.4 is 0 Å². The van der Waals surface area contributed by atoms with Gasteiger partial charge in [-0.3, -0.25) is 0 Å². The Morgan fingerprint density at radius 2 is 1.38 bits per heavy atom. The van der Waals surface area contributed by atoms with Crippen LogP contribution in [0, 0.1) is 30.5 Å². The zero-order chi connectivity index (χ0) is 18.4. The van der Waals surface area contributed by atoms with Crippen LogP contribution >= 0.6 is 0 Å². The van der Waals surface area contributed by atoms with Crippen LogP contribution in [-0.2, 0) is 0 Å². The van der Waals surface area contributed by atoms with Gasteiger partial charge in [-0.05, 0) is 73.5 Å². The van der Waals surface area contributed by atoms with Gasteiger partial charge in [-0.15, -0.1) is 0 Å². The summed E-state index contributed by atoms with van der Waals surface area (Å²) in [6.45, 7) is 1.85. The molecule has 0 bridgehead atoms. The molecule has 3 rings (SSSR count). The molecular weight excluding hydrogens is 335 g/mol. The number of halogens is 1. The molecule has 2 saturated carbocycles. The predicted octanol–water partition coefficient (Wildman–Crippen LogP) is 6.56. The fourth-order valence-corrected chi connectivity index (χ4v) is 6.26. The third kappa shape index (κ3) is 5.68. The molecule has 0 atom stereocenters. The number of hydrogen-bond acceptors (Lipinski definition) is 0. The summed E-state index contributed by atoms with van der Waals surface area (Å²) >= 11 is 0. The van der Waals surface area contributed by atoms with E-state index in [4.69, 9.17) is 0 Å². The summed E-state index contributed by atoms with van der Waals surface area (Å²) in [7, 11) is 1.40. The molecule has 2 fully saturated rings. The van der Waals surface area contributed by atoms with E-state index >= 15 is 0 Å². The van der Waals surface area contributed by atoms with E-state index in [1.807, 2.05) is 13.0 Å².